The van der Waals surface area contributed by atoms with Crippen molar-refractivity contribution < 1.29 is 9.90 Å². The lowest BCUT2D eigenvalue weighted by atomic mass is 9.89. The highest BCUT2D eigenvalue weighted by molar-refractivity contribution is 5.67. The molecule has 0 saturated heterocycles. The molecule has 0 fully saturated rings. The van der Waals surface area contributed by atoms with Crippen molar-refractivity contribution in [2.24, 2.45) is 11.3 Å². The molecule has 0 amide bonds. The summed E-state index contributed by atoms with van der Waals surface area (Å²) in [6.45, 7) is 10.3. The molecule has 1 N–H and O–H groups in total. The van der Waals surface area contributed by atoms with Gasteiger partial charge in [-0.25, -0.2) is 0 Å². The van der Waals surface area contributed by atoms with Crippen LogP contribution in [0.5, 0.6) is 0 Å². The summed E-state index contributed by atoms with van der Waals surface area (Å²) < 4.78 is 0. The van der Waals surface area contributed by atoms with Crippen LogP contribution in [0.2, 0.25) is 0 Å². The van der Waals surface area contributed by atoms with E-state index in [1.54, 1.807) is 0 Å². The van der Waals surface area contributed by atoms with Crippen molar-refractivity contribution in [3.05, 3.63) is 0 Å². The molecule has 0 unspecified atom stereocenters. The van der Waals surface area contributed by atoms with Gasteiger partial charge in [-0.1, -0.05) is 27.7 Å². The van der Waals surface area contributed by atoms with Crippen LogP contribution in [0.25, 0.3) is 0 Å². The smallest absolute Gasteiger partial charge is 0.303 e. The lowest BCUT2D eigenvalue weighted by Gasteiger charge is -2.29. The topological polar surface area (TPSA) is 40.5 Å². The SMILES string of the molecule is CC(C)CCN(C)CC(C)(C)CC(=O)O. The maximum absolute atomic E-state index is 10.6. The van der Waals surface area contributed by atoms with Gasteiger partial charge < -0.3 is 10.0 Å². The van der Waals surface area contributed by atoms with E-state index in [0.29, 0.717) is 5.92 Å². The predicted octanol–water partition coefficient (Wildman–Crippen LogP) is 2.47. The summed E-state index contributed by atoms with van der Waals surface area (Å²) in [7, 11) is 2.06. The van der Waals surface area contributed by atoms with Crippen molar-refractivity contribution in [3.63, 3.8) is 0 Å². The van der Waals surface area contributed by atoms with E-state index in [9.17, 15) is 4.79 Å². The molecule has 0 spiro atoms. The number of carboxylic acids is 1. The van der Waals surface area contributed by atoms with Crippen LogP contribution in [-0.2, 0) is 4.79 Å². The second-order valence-electron chi connectivity index (χ2n) is 5.66. The fourth-order valence-electron chi connectivity index (χ4n) is 1.75. The molecule has 0 radical (unpaired) electrons. The van der Waals surface area contributed by atoms with Crippen molar-refractivity contribution in [1.82, 2.24) is 4.90 Å². The zero-order valence-corrected chi connectivity index (χ0v) is 10.7. The molecule has 0 aliphatic carbocycles. The van der Waals surface area contributed by atoms with Gasteiger partial charge in [0.25, 0.3) is 0 Å². The summed E-state index contributed by atoms with van der Waals surface area (Å²) in [6, 6.07) is 0. The number of aliphatic carboxylic acids is 1. The zero-order valence-electron chi connectivity index (χ0n) is 10.7. The van der Waals surface area contributed by atoms with Crippen molar-refractivity contribution in [3.8, 4) is 0 Å². The summed E-state index contributed by atoms with van der Waals surface area (Å²) in [5.74, 6) is -0.00713. The minimum atomic E-state index is -0.711. The number of carboxylic acid groups (broad SMARTS) is 1. The van der Waals surface area contributed by atoms with E-state index in [4.69, 9.17) is 5.11 Å². The van der Waals surface area contributed by atoms with Gasteiger partial charge in [0.05, 0.1) is 6.42 Å². The van der Waals surface area contributed by atoms with Crippen LogP contribution in [0.15, 0.2) is 0 Å². The minimum Gasteiger partial charge on any atom is -0.481 e. The first-order valence-corrected chi connectivity index (χ1v) is 5.63. The van der Waals surface area contributed by atoms with Crippen molar-refractivity contribution >= 4 is 5.97 Å². The van der Waals surface area contributed by atoms with Crippen LogP contribution in [0.4, 0.5) is 0 Å². The van der Waals surface area contributed by atoms with Gasteiger partial charge in [0.15, 0.2) is 0 Å². The predicted molar refractivity (Wildman–Crippen MR) is 63.0 cm³/mol. The third kappa shape index (κ3) is 8.43. The van der Waals surface area contributed by atoms with E-state index in [2.05, 4.69) is 25.8 Å². The lowest BCUT2D eigenvalue weighted by Crippen LogP contribution is -2.34. The highest BCUT2D eigenvalue weighted by Crippen LogP contribution is 2.21. The Bertz CT molecular complexity index is 200. The second kappa shape index (κ2) is 6.11. The molecule has 0 atom stereocenters. The van der Waals surface area contributed by atoms with Crippen LogP contribution in [0.3, 0.4) is 0 Å². The molecular formula is C12H25NO2. The van der Waals surface area contributed by atoms with Gasteiger partial charge in [0.1, 0.15) is 0 Å². The highest BCUT2D eigenvalue weighted by atomic mass is 16.4. The van der Waals surface area contributed by atoms with Crippen LogP contribution in [0.1, 0.15) is 40.5 Å². The Morgan fingerprint density at radius 1 is 1.40 bits per heavy atom. The molecule has 0 aromatic rings. The highest BCUT2D eigenvalue weighted by Gasteiger charge is 2.23. The standard InChI is InChI=1S/C12H25NO2/c1-10(2)6-7-13(5)9-12(3,4)8-11(14)15/h10H,6-9H2,1-5H3,(H,14,15). The fraction of sp³-hybridized carbons (Fsp3) is 0.917. The zero-order chi connectivity index (χ0) is 12.1. The Balaban J connectivity index is 3.92. The van der Waals surface area contributed by atoms with Crippen LogP contribution in [0, 0.1) is 11.3 Å². The number of hydrogen-bond donors (Lipinski definition) is 1. The van der Waals surface area contributed by atoms with Gasteiger partial charge in [-0.2, -0.15) is 0 Å². The Morgan fingerprint density at radius 2 is 1.93 bits per heavy atom. The summed E-state index contributed by atoms with van der Waals surface area (Å²) >= 11 is 0. The molecule has 0 saturated carbocycles. The average Bonchev–Trinajstić information content (AvgIpc) is 1.96. The normalized spacial score (nSPS) is 12.5. The van der Waals surface area contributed by atoms with Crippen LogP contribution >= 0.6 is 0 Å². The van der Waals surface area contributed by atoms with Crippen LogP contribution < -0.4 is 0 Å². The lowest BCUT2D eigenvalue weighted by molar-refractivity contribution is -0.139. The Morgan fingerprint density at radius 3 is 2.33 bits per heavy atom. The largest absolute Gasteiger partial charge is 0.481 e. The molecular weight excluding hydrogens is 190 g/mol. The van der Waals surface area contributed by atoms with Crippen molar-refractivity contribution in [2.75, 3.05) is 20.1 Å². The first-order chi connectivity index (χ1) is 6.73. The average molecular weight is 215 g/mol. The molecule has 3 heteroatoms. The monoisotopic (exact) mass is 215 g/mol. The van der Waals surface area contributed by atoms with Gasteiger partial charge in [0.2, 0.25) is 0 Å². The maximum atomic E-state index is 10.6. The number of carbonyl (C=O) groups is 1. The maximum Gasteiger partial charge on any atom is 0.303 e. The van der Waals surface area contributed by atoms with E-state index in [-0.39, 0.29) is 11.8 Å². The Hall–Kier alpha value is -0.570. The third-order valence-corrected chi connectivity index (χ3v) is 2.42. The van der Waals surface area contributed by atoms with Gasteiger partial charge in [0, 0.05) is 6.54 Å². The summed E-state index contributed by atoms with van der Waals surface area (Å²) in [5, 5.41) is 8.76. The molecule has 0 rings (SSSR count). The molecule has 0 aromatic heterocycles. The summed E-state index contributed by atoms with van der Waals surface area (Å²) in [4.78, 5) is 12.9. The molecule has 90 valence electrons. The minimum absolute atomic E-state index is 0.141. The van der Waals surface area contributed by atoms with Crippen molar-refractivity contribution in [1.29, 1.82) is 0 Å². The summed E-state index contributed by atoms with van der Waals surface area (Å²) in [6.07, 6.45) is 1.40. The van der Waals surface area contributed by atoms with E-state index in [1.807, 2.05) is 13.8 Å². The third-order valence-electron chi connectivity index (χ3n) is 2.42. The van der Waals surface area contributed by atoms with Crippen LogP contribution in [-0.4, -0.2) is 36.1 Å². The van der Waals surface area contributed by atoms with Gasteiger partial charge in [-0.15, -0.1) is 0 Å². The summed E-state index contributed by atoms with van der Waals surface area (Å²) in [5.41, 5.74) is -0.141. The van der Waals surface area contributed by atoms with Gasteiger partial charge in [-0.05, 0) is 31.3 Å². The molecule has 0 heterocycles. The van der Waals surface area contributed by atoms with E-state index < -0.39 is 5.97 Å². The first kappa shape index (κ1) is 14.4. The van der Waals surface area contributed by atoms with Crippen molar-refractivity contribution in [2.45, 2.75) is 40.5 Å². The molecule has 0 aliphatic rings. The van der Waals surface area contributed by atoms with Gasteiger partial charge >= 0.3 is 5.97 Å². The second-order valence-corrected chi connectivity index (χ2v) is 5.66. The molecule has 3 nitrogen and oxygen atoms in total. The number of rotatable bonds is 7. The number of hydrogen-bond acceptors (Lipinski definition) is 2. The van der Waals surface area contributed by atoms with E-state index in [1.165, 1.54) is 6.42 Å². The molecule has 0 aromatic carbocycles. The molecule has 0 aliphatic heterocycles. The fourth-order valence-corrected chi connectivity index (χ4v) is 1.75. The molecule has 15 heavy (non-hydrogen) atoms. The first-order valence-electron chi connectivity index (χ1n) is 5.63. The Labute approximate surface area is 93.5 Å². The number of nitrogens with zero attached hydrogens (tertiary/aromatic N) is 1. The quantitative estimate of drug-likeness (QED) is 0.709. The Kier molecular flexibility index (Phi) is 5.88. The van der Waals surface area contributed by atoms with E-state index in [0.717, 1.165) is 13.1 Å². The van der Waals surface area contributed by atoms with Gasteiger partial charge in [-0.3, -0.25) is 4.79 Å². The molecule has 0 bridgehead atoms. The van der Waals surface area contributed by atoms with E-state index >= 15 is 0 Å².